The molecular weight excluding hydrogens is 216 g/mol. The van der Waals surface area contributed by atoms with Crippen molar-refractivity contribution in [2.45, 2.75) is 47.6 Å². The average molecular weight is 238 g/mol. The molecule has 1 atom stereocenters. The first-order valence-corrected chi connectivity index (χ1v) is 6.20. The van der Waals surface area contributed by atoms with Crippen molar-refractivity contribution >= 4 is 5.97 Å². The van der Waals surface area contributed by atoms with Crippen molar-refractivity contribution in [3.05, 3.63) is 17.0 Å². The van der Waals surface area contributed by atoms with Crippen LogP contribution in [0.5, 0.6) is 0 Å². The van der Waals surface area contributed by atoms with Gasteiger partial charge in [-0.3, -0.25) is 9.48 Å². The van der Waals surface area contributed by atoms with E-state index in [-0.39, 0.29) is 11.9 Å². The van der Waals surface area contributed by atoms with Crippen LogP contribution in [-0.2, 0) is 22.5 Å². The third-order valence-electron chi connectivity index (χ3n) is 3.03. The minimum Gasteiger partial charge on any atom is -0.466 e. The predicted octanol–water partition coefficient (Wildman–Crippen LogP) is 2.26. The Kier molecular flexibility index (Phi) is 4.73. The number of hydrogen-bond donors (Lipinski definition) is 0. The molecule has 1 rings (SSSR count). The quantitative estimate of drug-likeness (QED) is 0.739. The topological polar surface area (TPSA) is 44.1 Å². The second-order valence-electron chi connectivity index (χ2n) is 4.32. The molecule has 1 heterocycles. The Hall–Kier alpha value is -1.32. The molecule has 4 heteroatoms. The van der Waals surface area contributed by atoms with E-state index in [1.807, 2.05) is 25.5 Å². The number of carbonyl (C=O) groups is 1. The molecule has 1 unspecified atom stereocenters. The summed E-state index contributed by atoms with van der Waals surface area (Å²) in [5.41, 5.74) is 3.34. The first-order chi connectivity index (χ1) is 8.01. The van der Waals surface area contributed by atoms with Gasteiger partial charge in [-0.1, -0.05) is 6.92 Å². The molecule has 0 amide bonds. The Morgan fingerprint density at radius 2 is 2.06 bits per heavy atom. The van der Waals surface area contributed by atoms with Crippen LogP contribution < -0.4 is 0 Å². The Balaban J connectivity index is 2.81. The van der Waals surface area contributed by atoms with Crippen molar-refractivity contribution < 1.29 is 9.53 Å². The summed E-state index contributed by atoms with van der Waals surface area (Å²) in [6, 6.07) is 0. The summed E-state index contributed by atoms with van der Waals surface area (Å²) in [6.45, 7) is 11.1. The first-order valence-electron chi connectivity index (χ1n) is 6.20. The van der Waals surface area contributed by atoms with Crippen LogP contribution in [0.1, 0.15) is 37.7 Å². The van der Waals surface area contributed by atoms with Crippen LogP contribution in [0.25, 0.3) is 0 Å². The highest BCUT2D eigenvalue weighted by Crippen LogP contribution is 2.18. The van der Waals surface area contributed by atoms with Gasteiger partial charge in [-0.25, -0.2) is 0 Å². The van der Waals surface area contributed by atoms with Crippen LogP contribution in [0.15, 0.2) is 0 Å². The fourth-order valence-electron chi connectivity index (χ4n) is 2.01. The average Bonchev–Trinajstić information content (AvgIpc) is 2.56. The summed E-state index contributed by atoms with van der Waals surface area (Å²) >= 11 is 0. The Labute approximate surface area is 103 Å². The molecule has 0 aromatic carbocycles. The molecule has 0 saturated carbocycles. The van der Waals surface area contributed by atoms with E-state index in [1.54, 1.807) is 0 Å². The summed E-state index contributed by atoms with van der Waals surface area (Å²) in [7, 11) is 0. The van der Waals surface area contributed by atoms with Gasteiger partial charge in [-0.15, -0.1) is 0 Å². The molecule has 0 aliphatic carbocycles. The number of nitrogens with zero attached hydrogens (tertiary/aromatic N) is 2. The molecule has 0 saturated heterocycles. The summed E-state index contributed by atoms with van der Waals surface area (Å²) in [5, 5.41) is 4.45. The minimum absolute atomic E-state index is 0.109. The van der Waals surface area contributed by atoms with Crippen LogP contribution in [0.3, 0.4) is 0 Å². The third-order valence-corrected chi connectivity index (χ3v) is 3.03. The van der Waals surface area contributed by atoms with Crippen molar-refractivity contribution in [1.29, 1.82) is 0 Å². The van der Waals surface area contributed by atoms with E-state index in [0.29, 0.717) is 13.0 Å². The van der Waals surface area contributed by atoms with E-state index in [9.17, 15) is 4.79 Å². The maximum Gasteiger partial charge on any atom is 0.308 e. The highest BCUT2D eigenvalue weighted by atomic mass is 16.5. The van der Waals surface area contributed by atoms with Gasteiger partial charge in [-0.2, -0.15) is 5.10 Å². The molecule has 0 N–H and O–H groups in total. The minimum atomic E-state index is -0.129. The maximum absolute atomic E-state index is 11.6. The zero-order valence-corrected chi connectivity index (χ0v) is 11.4. The van der Waals surface area contributed by atoms with E-state index in [1.165, 1.54) is 5.56 Å². The van der Waals surface area contributed by atoms with E-state index >= 15 is 0 Å². The van der Waals surface area contributed by atoms with Crippen LogP contribution >= 0.6 is 0 Å². The second kappa shape index (κ2) is 5.84. The lowest BCUT2D eigenvalue weighted by molar-refractivity contribution is -0.147. The van der Waals surface area contributed by atoms with Crippen molar-refractivity contribution in [2.75, 3.05) is 6.61 Å². The van der Waals surface area contributed by atoms with Gasteiger partial charge in [0, 0.05) is 12.2 Å². The Morgan fingerprint density at radius 3 is 2.53 bits per heavy atom. The van der Waals surface area contributed by atoms with Gasteiger partial charge < -0.3 is 4.74 Å². The SMILES string of the molecule is CCOC(=O)C(C)Cc1c(C)nn(CC)c1C. The predicted molar refractivity (Wildman–Crippen MR) is 66.9 cm³/mol. The molecule has 1 aromatic heterocycles. The fourth-order valence-corrected chi connectivity index (χ4v) is 2.01. The van der Waals surface area contributed by atoms with Crippen molar-refractivity contribution in [3.63, 3.8) is 0 Å². The van der Waals surface area contributed by atoms with E-state index in [0.717, 1.165) is 17.9 Å². The summed E-state index contributed by atoms with van der Waals surface area (Å²) in [4.78, 5) is 11.6. The Bertz CT molecular complexity index is 396. The molecule has 0 fully saturated rings. The number of carbonyl (C=O) groups excluding carboxylic acids is 1. The summed E-state index contributed by atoms with van der Waals surface area (Å²) < 4.78 is 7.00. The normalized spacial score (nSPS) is 12.5. The number of aryl methyl sites for hydroxylation is 2. The van der Waals surface area contributed by atoms with E-state index in [2.05, 4.69) is 18.9 Å². The zero-order chi connectivity index (χ0) is 13.0. The lowest BCUT2D eigenvalue weighted by Crippen LogP contribution is -2.17. The monoisotopic (exact) mass is 238 g/mol. The number of aromatic nitrogens is 2. The fraction of sp³-hybridized carbons (Fsp3) is 0.692. The summed E-state index contributed by atoms with van der Waals surface area (Å²) in [5.74, 6) is -0.239. The molecule has 0 aliphatic heterocycles. The van der Waals surface area contributed by atoms with Gasteiger partial charge in [0.15, 0.2) is 0 Å². The summed E-state index contributed by atoms with van der Waals surface area (Å²) in [6.07, 6.45) is 0.705. The lowest BCUT2D eigenvalue weighted by Gasteiger charge is -2.10. The van der Waals surface area contributed by atoms with E-state index in [4.69, 9.17) is 4.74 Å². The highest BCUT2D eigenvalue weighted by Gasteiger charge is 2.19. The van der Waals surface area contributed by atoms with Gasteiger partial charge in [0.1, 0.15) is 0 Å². The smallest absolute Gasteiger partial charge is 0.308 e. The number of rotatable bonds is 5. The van der Waals surface area contributed by atoms with Crippen LogP contribution in [0, 0.1) is 19.8 Å². The van der Waals surface area contributed by atoms with Gasteiger partial charge in [0.25, 0.3) is 0 Å². The number of hydrogen-bond acceptors (Lipinski definition) is 3. The zero-order valence-electron chi connectivity index (χ0n) is 11.4. The molecule has 0 spiro atoms. The first kappa shape index (κ1) is 13.7. The van der Waals surface area contributed by atoms with E-state index < -0.39 is 0 Å². The van der Waals surface area contributed by atoms with Crippen LogP contribution in [0.2, 0.25) is 0 Å². The van der Waals surface area contributed by atoms with Crippen molar-refractivity contribution in [3.8, 4) is 0 Å². The third kappa shape index (κ3) is 3.08. The molecule has 17 heavy (non-hydrogen) atoms. The standard InChI is InChI=1S/C13H22N2O2/c1-6-15-11(5)12(10(4)14-15)8-9(3)13(16)17-7-2/h9H,6-8H2,1-5H3. The molecule has 4 nitrogen and oxygen atoms in total. The van der Waals surface area contributed by atoms with Crippen LogP contribution in [0.4, 0.5) is 0 Å². The largest absolute Gasteiger partial charge is 0.466 e. The van der Waals surface area contributed by atoms with Crippen LogP contribution in [-0.4, -0.2) is 22.4 Å². The Morgan fingerprint density at radius 1 is 1.41 bits per heavy atom. The molecule has 0 radical (unpaired) electrons. The number of esters is 1. The highest BCUT2D eigenvalue weighted by molar-refractivity contribution is 5.72. The molecule has 0 bridgehead atoms. The molecule has 0 aliphatic rings. The maximum atomic E-state index is 11.6. The van der Waals surface area contributed by atoms with Gasteiger partial charge in [-0.05, 0) is 39.7 Å². The van der Waals surface area contributed by atoms with Gasteiger partial charge >= 0.3 is 5.97 Å². The molecule has 96 valence electrons. The second-order valence-corrected chi connectivity index (χ2v) is 4.32. The van der Waals surface area contributed by atoms with Crippen molar-refractivity contribution in [2.24, 2.45) is 5.92 Å². The van der Waals surface area contributed by atoms with Gasteiger partial charge in [0.2, 0.25) is 0 Å². The van der Waals surface area contributed by atoms with Crippen molar-refractivity contribution in [1.82, 2.24) is 9.78 Å². The molecular formula is C13H22N2O2. The lowest BCUT2D eigenvalue weighted by atomic mass is 10.00. The number of ether oxygens (including phenoxy) is 1. The molecule has 1 aromatic rings. The van der Waals surface area contributed by atoms with Gasteiger partial charge in [0.05, 0.1) is 18.2 Å².